The molecule has 0 spiro atoms. The van der Waals surface area contributed by atoms with E-state index in [0.29, 0.717) is 6.42 Å². The van der Waals surface area contributed by atoms with E-state index in [-0.39, 0.29) is 29.3 Å². The summed E-state index contributed by atoms with van der Waals surface area (Å²) in [6.45, 7) is 5.78. The average Bonchev–Trinajstić information content (AvgIpc) is 2.38. The summed E-state index contributed by atoms with van der Waals surface area (Å²) in [5.41, 5.74) is -0.141. The first-order chi connectivity index (χ1) is 6.85. The maximum atomic E-state index is 11.6. The van der Waals surface area contributed by atoms with E-state index in [1.54, 1.807) is 6.92 Å². The molecular formula is C11H19NO3. The Labute approximate surface area is 90.4 Å². The standard InChI is InChI=1S/C11H19NO3/c1-7(10(14)15-4)5-8-6-11(2,3)12-9(8)13/h7-8H,5-6H2,1-4H3,(H,12,13)/t7-,8+/m0/s1. The number of ether oxygens (including phenoxy) is 1. The van der Waals surface area contributed by atoms with Gasteiger partial charge in [0, 0.05) is 11.5 Å². The summed E-state index contributed by atoms with van der Waals surface area (Å²) in [6.07, 6.45) is 1.36. The van der Waals surface area contributed by atoms with Crippen LogP contribution < -0.4 is 5.32 Å². The maximum Gasteiger partial charge on any atom is 0.308 e. The van der Waals surface area contributed by atoms with Crippen molar-refractivity contribution in [1.29, 1.82) is 0 Å². The van der Waals surface area contributed by atoms with Crippen molar-refractivity contribution < 1.29 is 14.3 Å². The fourth-order valence-electron chi connectivity index (χ4n) is 2.11. The summed E-state index contributed by atoms with van der Waals surface area (Å²) in [5, 5.41) is 2.91. The number of rotatable bonds is 3. The molecule has 1 N–H and O–H groups in total. The molecule has 1 aliphatic rings. The highest BCUT2D eigenvalue weighted by atomic mass is 16.5. The Balaban J connectivity index is 2.53. The lowest BCUT2D eigenvalue weighted by molar-refractivity contribution is -0.145. The van der Waals surface area contributed by atoms with Gasteiger partial charge in [-0.1, -0.05) is 6.92 Å². The molecule has 0 unspecified atom stereocenters. The van der Waals surface area contributed by atoms with Gasteiger partial charge in [-0.25, -0.2) is 0 Å². The molecule has 1 heterocycles. The van der Waals surface area contributed by atoms with Crippen LogP contribution in [0.1, 0.15) is 33.6 Å². The lowest BCUT2D eigenvalue weighted by atomic mass is 9.89. The second-order valence-corrected chi connectivity index (χ2v) is 4.93. The van der Waals surface area contributed by atoms with Crippen LogP contribution in [0.25, 0.3) is 0 Å². The molecule has 2 atom stereocenters. The van der Waals surface area contributed by atoms with Crippen LogP contribution >= 0.6 is 0 Å². The highest BCUT2D eigenvalue weighted by Crippen LogP contribution is 2.29. The minimum absolute atomic E-state index is 0.0516. The van der Waals surface area contributed by atoms with Crippen LogP contribution in [0.4, 0.5) is 0 Å². The lowest BCUT2D eigenvalue weighted by Crippen LogP contribution is -2.34. The Morgan fingerprint density at radius 3 is 2.67 bits per heavy atom. The van der Waals surface area contributed by atoms with E-state index in [1.165, 1.54) is 7.11 Å². The fraction of sp³-hybridized carbons (Fsp3) is 0.818. The Morgan fingerprint density at radius 2 is 2.27 bits per heavy atom. The van der Waals surface area contributed by atoms with Gasteiger partial charge in [0.1, 0.15) is 0 Å². The lowest BCUT2D eigenvalue weighted by Gasteiger charge is -2.17. The van der Waals surface area contributed by atoms with E-state index < -0.39 is 0 Å². The Kier molecular flexibility index (Phi) is 3.37. The summed E-state index contributed by atoms with van der Waals surface area (Å²) in [7, 11) is 1.37. The van der Waals surface area contributed by atoms with Crippen molar-refractivity contribution in [3.05, 3.63) is 0 Å². The van der Waals surface area contributed by atoms with E-state index in [2.05, 4.69) is 10.1 Å². The van der Waals surface area contributed by atoms with E-state index in [0.717, 1.165) is 6.42 Å². The molecule has 0 saturated carbocycles. The van der Waals surface area contributed by atoms with Crippen LogP contribution in [0, 0.1) is 11.8 Å². The first-order valence-electron chi connectivity index (χ1n) is 5.25. The maximum absolute atomic E-state index is 11.6. The van der Waals surface area contributed by atoms with Gasteiger partial charge in [0.2, 0.25) is 5.91 Å². The van der Waals surface area contributed by atoms with Gasteiger partial charge in [0.05, 0.1) is 13.0 Å². The van der Waals surface area contributed by atoms with E-state index >= 15 is 0 Å². The molecule has 0 aromatic heterocycles. The SMILES string of the molecule is COC(=O)[C@@H](C)C[C@@H]1CC(C)(C)NC1=O. The van der Waals surface area contributed by atoms with Gasteiger partial charge in [-0.05, 0) is 26.7 Å². The molecule has 1 aliphatic heterocycles. The normalized spacial score (nSPS) is 25.9. The molecule has 0 aliphatic carbocycles. The summed E-state index contributed by atoms with van der Waals surface area (Å²) in [6, 6.07) is 0. The number of hydrogen-bond acceptors (Lipinski definition) is 3. The minimum atomic E-state index is -0.243. The number of methoxy groups -OCH3 is 1. The molecule has 1 rings (SSSR count). The Morgan fingerprint density at radius 1 is 1.67 bits per heavy atom. The van der Waals surface area contributed by atoms with Crippen molar-refractivity contribution in [1.82, 2.24) is 5.32 Å². The molecule has 4 nitrogen and oxygen atoms in total. The number of hydrogen-bond donors (Lipinski definition) is 1. The molecule has 1 amide bonds. The smallest absolute Gasteiger partial charge is 0.308 e. The zero-order chi connectivity index (χ0) is 11.6. The quantitative estimate of drug-likeness (QED) is 0.714. The first kappa shape index (κ1) is 12.0. The zero-order valence-electron chi connectivity index (χ0n) is 9.79. The molecule has 0 aromatic carbocycles. The Bertz CT molecular complexity index is 273. The second-order valence-electron chi connectivity index (χ2n) is 4.93. The third kappa shape index (κ3) is 2.94. The third-order valence-electron chi connectivity index (χ3n) is 2.83. The predicted molar refractivity (Wildman–Crippen MR) is 56.1 cm³/mol. The van der Waals surface area contributed by atoms with Crippen molar-refractivity contribution in [2.75, 3.05) is 7.11 Å². The van der Waals surface area contributed by atoms with Gasteiger partial charge in [-0.3, -0.25) is 9.59 Å². The molecule has 0 radical (unpaired) electrons. The topological polar surface area (TPSA) is 55.4 Å². The molecule has 1 fully saturated rings. The highest BCUT2D eigenvalue weighted by molar-refractivity contribution is 5.83. The zero-order valence-corrected chi connectivity index (χ0v) is 9.79. The van der Waals surface area contributed by atoms with E-state index in [4.69, 9.17) is 0 Å². The number of amides is 1. The molecule has 0 bridgehead atoms. The van der Waals surface area contributed by atoms with Crippen LogP contribution in [-0.4, -0.2) is 24.5 Å². The number of esters is 1. The minimum Gasteiger partial charge on any atom is -0.469 e. The number of carbonyl (C=O) groups excluding carboxylic acids is 2. The number of nitrogens with one attached hydrogen (secondary N) is 1. The van der Waals surface area contributed by atoms with Gasteiger partial charge < -0.3 is 10.1 Å². The van der Waals surface area contributed by atoms with Gasteiger partial charge in [-0.15, -0.1) is 0 Å². The van der Waals surface area contributed by atoms with Crippen molar-refractivity contribution in [2.24, 2.45) is 11.8 Å². The summed E-state index contributed by atoms with van der Waals surface area (Å²) in [4.78, 5) is 22.8. The van der Waals surface area contributed by atoms with Crippen LogP contribution in [0.2, 0.25) is 0 Å². The van der Waals surface area contributed by atoms with Gasteiger partial charge in [-0.2, -0.15) is 0 Å². The Hall–Kier alpha value is -1.06. The molecule has 1 saturated heterocycles. The van der Waals surface area contributed by atoms with Crippen LogP contribution in [0.5, 0.6) is 0 Å². The molecule has 86 valence electrons. The molecule has 0 aromatic rings. The third-order valence-corrected chi connectivity index (χ3v) is 2.83. The van der Waals surface area contributed by atoms with Crippen LogP contribution in [0.3, 0.4) is 0 Å². The predicted octanol–water partition coefficient (Wildman–Crippen LogP) is 1.10. The van der Waals surface area contributed by atoms with Crippen molar-refractivity contribution in [3.63, 3.8) is 0 Å². The van der Waals surface area contributed by atoms with Crippen molar-refractivity contribution in [3.8, 4) is 0 Å². The van der Waals surface area contributed by atoms with E-state index in [9.17, 15) is 9.59 Å². The molecule has 15 heavy (non-hydrogen) atoms. The highest BCUT2D eigenvalue weighted by Gasteiger charge is 2.38. The molecular weight excluding hydrogens is 194 g/mol. The van der Waals surface area contributed by atoms with Crippen LogP contribution in [-0.2, 0) is 14.3 Å². The van der Waals surface area contributed by atoms with Gasteiger partial charge in [0.25, 0.3) is 0 Å². The van der Waals surface area contributed by atoms with Gasteiger partial charge >= 0.3 is 5.97 Å². The fourth-order valence-corrected chi connectivity index (χ4v) is 2.11. The van der Waals surface area contributed by atoms with Crippen molar-refractivity contribution in [2.45, 2.75) is 39.2 Å². The first-order valence-corrected chi connectivity index (χ1v) is 5.25. The average molecular weight is 213 g/mol. The van der Waals surface area contributed by atoms with Gasteiger partial charge in [0.15, 0.2) is 0 Å². The summed E-state index contributed by atoms with van der Waals surface area (Å²) >= 11 is 0. The van der Waals surface area contributed by atoms with Crippen LogP contribution in [0.15, 0.2) is 0 Å². The largest absolute Gasteiger partial charge is 0.469 e. The monoisotopic (exact) mass is 213 g/mol. The second kappa shape index (κ2) is 4.21. The van der Waals surface area contributed by atoms with Crippen molar-refractivity contribution >= 4 is 11.9 Å². The molecule has 4 heteroatoms. The summed E-state index contributed by atoms with van der Waals surface area (Å²) < 4.78 is 4.64. The van der Waals surface area contributed by atoms with E-state index in [1.807, 2.05) is 13.8 Å². The summed E-state index contributed by atoms with van der Waals surface area (Å²) in [5.74, 6) is -0.461. The number of carbonyl (C=O) groups is 2.